The van der Waals surface area contributed by atoms with E-state index >= 15 is 0 Å². The number of nitrogens with zero attached hydrogens (tertiary/aromatic N) is 3. The molecule has 0 saturated heterocycles. The van der Waals surface area contributed by atoms with Crippen LogP contribution >= 0.6 is 11.3 Å². The Labute approximate surface area is 152 Å². The third-order valence-electron chi connectivity index (χ3n) is 4.94. The Balaban J connectivity index is 1.55. The lowest BCUT2D eigenvalue weighted by atomic mass is 9.79. The summed E-state index contributed by atoms with van der Waals surface area (Å²) < 4.78 is 5.62. The SMILES string of the molecule is CCCCC1CCC(C(=O)Nc2nnc(-c3sc(C)nc3C)o2)CC1. The van der Waals surface area contributed by atoms with Crippen LogP contribution in [0.1, 0.15) is 62.6 Å². The molecule has 0 unspecified atom stereocenters. The fraction of sp³-hybridized carbons (Fsp3) is 0.667. The molecule has 136 valence electrons. The molecule has 0 spiro atoms. The highest BCUT2D eigenvalue weighted by Crippen LogP contribution is 2.33. The van der Waals surface area contributed by atoms with Crippen molar-refractivity contribution >= 4 is 23.3 Å². The molecule has 1 N–H and O–H groups in total. The molecule has 25 heavy (non-hydrogen) atoms. The second-order valence-corrected chi connectivity index (χ2v) is 8.11. The zero-order valence-corrected chi connectivity index (χ0v) is 16.0. The summed E-state index contributed by atoms with van der Waals surface area (Å²) in [5.41, 5.74) is 0.870. The van der Waals surface area contributed by atoms with Crippen LogP contribution in [0.5, 0.6) is 0 Å². The summed E-state index contributed by atoms with van der Waals surface area (Å²) in [6.45, 7) is 6.09. The molecule has 6 nitrogen and oxygen atoms in total. The highest BCUT2D eigenvalue weighted by atomic mass is 32.1. The highest BCUT2D eigenvalue weighted by Gasteiger charge is 2.27. The average Bonchev–Trinajstić information content (AvgIpc) is 3.19. The lowest BCUT2D eigenvalue weighted by molar-refractivity contribution is -0.121. The number of aromatic nitrogens is 3. The predicted molar refractivity (Wildman–Crippen MR) is 98.5 cm³/mol. The first-order chi connectivity index (χ1) is 12.1. The lowest BCUT2D eigenvalue weighted by Crippen LogP contribution is -2.27. The number of nitrogens with one attached hydrogen (secondary N) is 1. The van der Waals surface area contributed by atoms with E-state index in [0.717, 1.165) is 47.2 Å². The summed E-state index contributed by atoms with van der Waals surface area (Å²) in [6.07, 6.45) is 8.04. The van der Waals surface area contributed by atoms with Crippen LogP contribution in [-0.4, -0.2) is 21.1 Å². The molecular weight excluding hydrogens is 336 g/mol. The number of aryl methyl sites for hydroxylation is 2. The zero-order chi connectivity index (χ0) is 17.8. The molecule has 2 aromatic heterocycles. The van der Waals surface area contributed by atoms with Gasteiger partial charge in [0, 0.05) is 5.92 Å². The summed E-state index contributed by atoms with van der Waals surface area (Å²) in [4.78, 5) is 17.7. The number of hydrogen-bond acceptors (Lipinski definition) is 6. The van der Waals surface area contributed by atoms with Crippen molar-refractivity contribution in [1.82, 2.24) is 15.2 Å². The topological polar surface area (TPSA) is 80.9 Å². The van der Waals surface area contributed by atoms with Crippen LogP contribution in [0.4, 0.5) is 6.01 Å². The van der Waals surface area contributed by atoms with Gasteiger partial charge >= 0.3 is 6.01 Å². The van der Waals surface area contributed by atoms with E-state index in [1.54, 1.807) is 0 Å². The fourth-order valence-electron chi connectivity index (χ4n) is 3.51. The van der Waals surface area contributed by atoms with Crippen molar-refractivity contribution in [3.05, 3.63) is 10.7 Å². The molecule has 1 fully saturated rings. The number of anilines is 1. The van der Waals surface area contributed by atoms with Gasteiger partial charge in [-0.1, -0.05) is 31.3 Å². The van der Waals surface area contributed by atoms with Crippen molar-refractivity contribution in [3.8, 4) is 10.8 Å². The number of amides is 1. The quantitative estimate of drug-likeness (QED) is 0.802. The Morgan fingerprint density at radius 2 is 2.00 bits per heavy atom. The van der Waals surface area contributed by atoms with Crippen molar-refractivity contribution in [2.45, 2.75) is 65.7 Å². The van der Waals surface area contributed by atoms with Gasteiger partial charge in [-0.2, -0.15) is 0 Å². The van der Waals surface area contributed by atoms with Crippen molar-refractivity contribution in [3.63, 3.8) is 0 Å². The van der Waals surface area contributed by atoms with Gasteiger partial charge in [-0.3, -0.25) is 10.1 Å². The maximum absolute atomic E-state index is 12.5. The summed E-state index contributed by atoms with van der Waals surface area (Å²) in [7, 11) is 0. The number of carbonyl (C=O) groups is 1. The van der Waals surface area contributed by atoms with E-state index in [2.05, 4.69) is 27.4 Å². The van der Waals surface area contributed by atoms with Crippen molar-refractivity contribution < 1.29 is 9.21 Å². The van der Waals surface area contributed by atoms with Crippen LogP contribution in [0.15, 0.2) is 4.42 Å². The van der Waals surface area contributed by atoms with Gasteiger partial charge in [0.2, 0.25) is 5.91 Å². The standard InChI is InChI=1S/C18H26N4O2S/c1-4-5-6-13-7-9-14(10-8-13)16(23)20-18-22-21-17(24-18)15-11(2)19-12(3)25-15/h13-14H,4-10H2,1-3H3,(H,20,22,23). The first-order valence-corrected chi connectivity index (χ1v) is 9.97. The Morgan fingerprint density at radius 1 is 1.24 bits per heavy atom. The Kier molecular flexibility index (Phi) is 5.83. The minimum Gasteiger partial charge on any atom is -0.402 e. The fourth-order valence-corrected chi connectivity index (χ4v) is 4.35. The van der Waals surface area contributed by atoms with Gasteiger partial charge in [0.05, 0.1) is 10.7 Å². The predicted octanol–water partition coefficient (Wildman–Crippen LogP) is 4.75. The van der Waals surface area contributed by atoms with Gasteiger partial charge in [0.25, 0.3) is 5.89 Å². The molecule has 0 radical (unpaired) electrons. The Morgan fingerprint density at radius 3 is 2.64 bits per heavy atom. The molecule has 0 atom stereocenters. The second-order valence-electron chi connectivity index (χ2n) is 6.91. The Bertz CT molecular complexity index is 716. The normalized spacial score (nSPS) is 20.6. The van der Waals surface area contributed by atoms with E-state index < -0.39 is 0 Å². The monoisotopic (exact) mass is 362 g/mol. The van der Waals surface area contributed by atoms with E-state index in [1.807, 2.05) is 13.8 Å². The van der Waals surface area contributed by atoms with Gasteiger partial charge in [-0.15, -0.1) is 16.4 Å². The van der Waals surface area contributed by atoms with E-state index in [9.17, 15) is 4.79 Å². The first kappa shape index (κ1) is 18.0. The van der Waals surface area contributed by atoms with Crippen LogP contribution in [0.2, 0.25) is 0 Å². The molecule has 1 aliphatic rings. The molecule has 3 rings (SSSR count). The molecule has 2 aromatic rings. The summed E-state index contributed by atoms with van der Waals surface area (Å²) >= 11 is 1.51. The third kappa shape index (κ3) is 4.45. The molecule has 1 saturated carbocycles. The van der Waals surface area contributed by atoms with E-state index in [1.165, 1.54) is 30.6 Å². The van der Waals surface area contributed by atoms with Crippen molar-refractivity contribution in [2.24, 2.45) is 11.8 Å². The lowest BCUT2D eigenvalue weighted by Gasteiger charge is -2.27. The summed E-state index contributed by atoms with van der Waals surface area (Å²) in [5, 5.41) is 11.8. The van der Waals surface area contributed by atoms with E-state index in [0.29, 0.717) is 5.89 Å². The van der Waals surface area contributed by atoms with Crippen molar-refractivity contribution in [1.29, 1.82) is 0 Å². The van der Waals surface area contributed by atoms with Crippen LogP contribution < -0.4 is 5.32 Å². The minimum atomic E-state index is 0.00125. The van der Waals surface area contributed by atoms with E-state index in [4.69, 9.17) is 4.42 Å². The number of hydrogen-bond donors (Lipinski definition) is 1. The molecule has 2 heterocycles. The van der Waals surface area contributed by atoms with Gasteiger partial charge in [0.15, 0.2) is 0 Å². The van der Waals surface area contributed by atoms with Gasteiger partial charge in [-0.05, 0) is 45.4 Å². The molecular formula is C18H26N4O2S. The molecule has 1 aliphatic carbocycles. The second kappa shape index (κ2) is 8.08. The smallest absolute Gasteiger partial charge is 0.322 e. The third-order valence-corrected chi connectivity index (χ3v) is 6.00. The number of rotatable bonds is 6. The maximum Gasteiger partial charge on any atom is 0.322 e. The number of thiazole rings is 1. The number of unbranched alkanes of at least 4 members (excludes halogenated alkanes) is 1. The highest BCUT2D eigenvalue weighted by molar-refractivity contribution is 7.15. The number of carbonyl (C=O) groups excluding carboxylic acids is 1. The molecule has 1 amide bonds. The minimum absolute atomic E-state index is 0.00125. The zero-order valence-electron chi connectivity index (χ0n) is 15.2. The van der Waals surface area contributed by atoms with Gasteiger partial charge < -0.3 is 4.42 Å². The van der Waals surface area contributed by atoms with Gasteiger partial charge in [0.1, 0.15) is 4.88 Å². The molecule has 7 heteroatoms. The van der Waals surface area contributed by atoms with Crippen LogP contribution in [0.3, 0.4) is 0 Å². The summed E-state index contributed by atoms with van der Waals surface area (Å²) in [5.74, 6) is 1.26. The van der Waals surface area contributed by atoms with Crippen LogP contribution in [0, 0.1) is 25.7 Å². The molecule has 0 aliphatic heterocycles. The van der Waals surface area contributed by atoms with Crippen molar-refractivity contribution in [2.75, 3.05) is 5.32 Å². The van der Waals surface area contributed by atoms with E-state index in [-0.39, 0.29) is 17.8 Å². The molecule has 0 bridgehead atoms. The largest absolute Gasteiger partial charge is 0.402 e. The average molecular weight is 362 g/mol. The Hall–Kier alpha value is -1.76. The van der Waals surface area contributed by atoms with Crippen LogP contribution in [0.25, 0.3) is 10.8 Å². The first-order valence-electron chi connectivity index (χ1n) is 9.15. The van der Waals surface area contributed by atoms with Gasteiger partial charge in [-0.25, -0.2) is 4.98 Å². The molecule has 0 aromatic carbocycles. The maximum atomic E-state index is 12.5. The van der Waals surface area contributed by atoms with Crippen LogP contribution in [-0.2, 0) is 4.79 Å². The summed E-state index contributed by atoms with van der Waals surface area (Å²) in [6, 6.07) is 0.179.